The molecule has 0 unspecified atom stereocenters. The number of aromatic nitrogens is 2. The average molecular weight is 502 g/mol. The van der Waals surface area contributed by atoms with E-state index in [0.29, 0.717) is 33.9 Å². The Bertz CT molecular complexity index is 1170. The van der Waals surface area contributed by atoms with Crippen LogP contribution in [0.25, 0.3) is 11.2 Å². The van der Waals surface area contributed by atoms with Crippen LogP contribution in [-0.2, 0) is 0 Å². The van der Waals surface area contributed by atoms with Gasteiger partial charge in [-0.1, -0.05) is 0 Å². The van der Waals surface area contributed by atoms with Crippen molar-refractivity contribution in [2.75, 3.05) is 5.32 Å². The zero-order chi connectivity index (χ0) is 21.1. The molecule has 149 valence electrons. The van der Waals surface area contributed by atoms with Gasteiger partial charge in [0.25, 0.3) is 0 Å². The van der Waals surface area contributed by atoms with Crippen LogP contribution in [0.2, 0.25) is 9.24 Å². The number of nitrogens with zero attached hydrogens (tertiary/aromatic N) is 2. The predicted molar refractivity (Wildman–Crippen MR) is 119 cm³/mol. The molecule has 0 saturated heterocycles. The van der Waals surface area contributed by atoms with Gasteiger partial charge in [-0.25, -0.2) is 0 Å². The van der Waals surface area contributed by atoms with Crippen LogP contribution in [0.5, 0.6) is 0 Å². The molecule has 3 rings (SSSR count). The van der Waals surface area contributed by atoms with E-state index in [4.69, 9.17) is 11.1 Å². The number of nitrogens with one attached hydrogen (secondary N) is 2. The summed E-state index contributed by atoms with van der Waals surface area (Å²) >= 11 is -1.55. The number of fused-ring (bicyclic) bond motifs is 1. The van der Waals surface area contributed by atoms with Crippen LogP contribution in [0.1, 0.15) is 18.1 Å². The number of allylic oxidation sites excluding steroid dienone is 1. The normalized spacial score (nSPS) is 11.8. The number of nitrogens with two attached hydrogens (primary N) is 1. The van der Waals surface area contributed by atoms with Crippen molar-refractivity contribution in [3.63, 3.8) is 0 Å². The molecule has 6 nitrogen and oxygen atoms in total. The third-order valence-corrected chi connectivity index (χ3v) is 10.9. The third kappa shape index (κ3) is 4.20. The Morgan fingerprint density at radius 1 is 1.38 bits per heavy atom. The van der Waals surface area contributed by atoms with Crippen LogP contribution in [-0.4, -0.2) is 35.8 Å². The monoisotopic (exact) mass is 501 g/mol. The zero-order valence-electron chi connectivity index (χ0n) is 16.5. The van der Waals surface area contributed by atoms with Gasteiger partial charge in [0.15, 0.2) is 0 Å². The molecular weight excluding hydrogens is 479 g/mol. The number of anilines is 2. The number of halogens is 1. The van der Waals surface area contributed by atoms with Crippen molar-refractivity contribution >= 4 is 52.7 Å². The molecule has 0 spiro atoms. The topological polar surface area (TPSA) is 96.3 Å². The summed E-state index contributed by atoms with van der Waals surface area (Å²) in [5.41, 5.74) is 7.47. The van der Waals surface area contributed by atoms with Gasteiger partial charge < -0.3 is 11.1 Å². The third-order valence-electron chi connectivity index (χ3n) is 4.84. The number of benzene rings is 1. The number of rotatable bonds is 6. The fraction of sp³-hybridized carbons (Fsp3) is 0.190. The zero-order valence-corrected chi connectivity index (χ0v) is 19.1. The van der Waals surface area contributed by atoms with E-state index in [2.05, 4.69) is 22.1 Å². The molecule has 0 bridgehead atoms. The van der Waals surface area contributed by atoms with Crippen LogP contribution in [0.3, 0.4) is 0 Å². The Morgan fingerprint density at radius 3 is 2.76 bits per heavy atom. The molecule has 1 aromatic carbocycles. The van der Waals surface area contributed by atoms with Crippen LogP contribution in [0.4, 0.5) is 15.9 Å². The first-order valence-corrected chi connectivity index (χ1v) is 14.8. The maximum atomic E-state index is 14.6. The fourth-order valence-electron chi connectivity index (χ4n) is 2.90. The van der Waals surface area contributed by atoms with Gasteiger partial charge in [-0.3, -0.25) is 0 Å². The molecule has 3 aromatic rings. The van der Waals surface area contributed by atoms with E-state index < -0.39 is 20.2 Å². The second kappa shape index (κ2) is 8.78. The SMILES string of the molecule is C[CH2][Sb+]([CH3])[c]1ccc(Nc2nc3ccc(/C(C=N)=C/N)cn3c(=O)c2C)c(F)c1. The quantitative estimate of drug-likeness (QED) is 0.357. The molecule has 0 fully saturated rings. The van der Waals surface area contributed by atoms with E-state index in [1.807, 2.05) is 6.07 Å². The van der Waals surface area contributed by atoms with Crippen molar-refractivity contribution in [2.24, 2.45) is 5.73 Å². The van der Waals surface area contributed by atoms with Gasteiger partial charge in [0.1, 0.15) is 0 Å². The second-order valence-corrected chi connectivity index (χ2v) is 13.9. The number of pyridine rings is 1. The first-order valence-electron chi connectivity index (χ1n) is 9.13. The molecule has 1 radical (unpaired) electrons. The minimum absolute atomic E-state index is 0.271. The summed E-state index contributed by atoms with van der Waals surface area (Å²) < 4.78 is 18.2. The molecular formula is C21H23FN5OSb+. The van der Waals surface area contributed by atoms with E-state index >= 15 is 0 Å². The Kier molecular flexibility index (Phi) is 6.38. The molecule has 0 aliphatic rings. The van der Waals surface area contributed by atoms with Crippen molar-refractivity contribution in [1.82, 2.24) is 9.38 Å². The predicted octanol–water partition coefficient (Wildman–Crippen LogP) is 3.19. The van der Waals surface area contributed by atoms with Crippen LogP contribution in [0, 0.1) is 18.2 Å². The summed E-state index contributed by atoms with van der Waals surface area (Å²) in [5, 5.41) is 10.4. The van der Waals surface area contributed by atoms with Gasteiger partial charge in [-0.15, -0.1) is 0 Å². The fourth-order valence-corrected chi connectivity index (χ4v) is 5.83. The molecule has 0 aliphatic heterocycles. The summed E-state index contributed by atoms with van der Waals surface area (Å²) in [6.45, 7) is 3.79. The first-order chi connectivity index (χ1) is 13.9. The summed E-state index contributed by atoms with van der Waals surface area (Å²) in [4.78, 5) is 19.6. The Labute approximate surface area is 175 Å². The van der Waals surface area contributed by atoms with Crippen molar-refractivity contribution in [2.45, 2.75) is 23.1 Å². The van der Waals surface area contributed by atoms with Gasteiger partial charge >= 0.3 is 152 Å². The molecule has 2 aromatic heterocycles. The summed E-state index contributed by atoms with van der Waals surface area (Å²) in [6.07, 6.45) is 4.03. The van der Waals surface area contributed by atoms with Crippen LogP contribution < -0.4 is 20.1 Å². The summed E-state index contributed by atoms with van der Waals surface area (Å²) in [6, 6.07) is 8.69. The molecule has 0 saturated carbocycles. The minimum atomic E-state index is -1.55. The van der Waals surface area contributed by atoms with E-state index in [-0.39, 0.29) is 11.4 Å². The molecule has 4 N–H and O–H groups in total. The Morgan fingerprint density at radius 2 is 2.14 bits per heavy atom. The van der Waals surface area contributed by atoms with Crippen molar-refractivity contribution in [3.05, 3.63) is 70.0 Å². The average Bonchev–Trinajstić information content (AvgIpc) is 2.73. The van der Waals surface area contributed by atoms with Gasteiger partial charge in [0.2, 0.25) is 0 Å². The molecule has 29 heavy (non-hydrogen) atoms. The van der Waals surface area contributed by atoms with E-state index in [1.165, 1.54) is 10.6 Å². The molecule has 8 heteroatoms. The second-order valence-electron chi connectivity index (χ2n) is 6.61. The Balaban J connectivity index is 2.03. The van der Waals surface area contributed by atoms with Crippen molar-refractivity contribution in [1.29, 1.82) is 5.41 Å². The number of hydrogen-bond acceptors (Lipinski definition) is 5. The maximum absolute atomic E-state index is 14.6. The van der Waals surface area contributed by atoms with Crippen molar-refractivity contribution in [3.8, 4) is 0 Å². The Hall–Kier alpha value is -2.66. The van der Waals surface area contributed by atoms with Crippen LogP contribution in [0.15, 0.2) is 47.5 Å². The van der Waals surface area contributed by atoms with Gasteiger partial charge in [0.05, 0.1) is 0 Å². The summed E-state index contributed by atoms with van der Waals surface area (Å²) in [7, 11) is 0. The van der Waals surface area contributed by atoms with Crippen LogP contribution >= 0.6 is 0 Å². The molecule has 0 atom stereocenters. The van der Waals surface area contributed by atoms with Gasteiger partial charge in [-0.2, -0.15) is 0 Å². The molecule has 0 aliphatic carbocycles. The van der Waals surface area contributed by atoms with E-state index in [0.717, 1.165) is 14.1 Å². The van der Waals surface area contributed by atoms with Crippen molar-refractivity contribution < 1.29 is 4.39 Å². The molecule has 2 heterocycles. The summed E-state index contributed by atoms with van der Waals surface area (Å²) in [5.74, 6) is -0.0199. The van der Waals surface area contributed by atoms with E-state index in [9.17, 15) is 9.18 Å². The standard InChI is InChI=1S/C18H15FN5O.C2H5.CH3.Sb/c1-11-17(22-15-5-3-2-4-14(15)19)23-16-7-6-12(13(8-20)9-21)10-24(16)18(11)25;1-2;;/h3-10,20,22H,21H2,1H3;1H2,2H3;1H3;/q;;;+1/b13-9+,20-8?;;;. The molecule has 0 amide bonds. The van der Waals surface area contributed by atoms with Gasteiger partial charge in [0, 0.05) is 12.4 Å². The first kappa shape index (κ1) is 21.1. The van der Waals surface area contributed by atoms with Gasteiger partial charge in [-0.05, 0) is 0 Å². The van der Waals surface area contributed by atoms with E-state index in [1.54, 1.807) is 37.4 Å². The number of hydrogen-bond donors (Lipinski definition) is 3.